The molecule has 280 valence electrons. The number of benzene rings is 2. The van der Waals surface area contributed by atoms with Gasteiger partial charge in [0, 0.05) is 50.9 Å². The number of hydrogen-bond acceptors (Lipinski definition) is 11. The van der Waals surface area contributed by atoms with E-state index in [0.717, 1.165) is 25.7 Å². The van der Waals surface area contributed by atoms with E-state index < -0.39 is 29.8 Å². The third kappa shape index (κ3) is 7.38. The second-order valence-electron chi connectivity index (χ2n) is 14.5. The van der Waals surface area contributed by atoms with Gasteiger partial charge in [0.15, 0.2) is 18.4 Å². The zero-order valence-corrected chi connectivity index (χ0v) is 30.5. The molecular weight excluding hydrogens is 688 g/mol. The Morgan fingerprint density at radius 2 is 1.83 bits per heavy atom. The number of ether oxygens (including phenoxy) is 6. The van der Waals surface area contributed by atoms with Crippen LogP contribution in [0.4, 0.5) is 19.4 Å². The Morgan fingerprint density at radius 1 is 1.08 bits per heavy atom. The van der Waals surface area contributed by atoms with E-state index in [-0.39, 0.29) is 53.1 Å². The molecule has 0 spiro atoms. The highest BCUT2D eigenvalue weighted by molar-refractivity contribution is 6.03. The molecule has 0 radical (unpaired) electrons. The quantitative estimate of drug-likeness (QED) is 0.137. The first-order valence-corrected chi connectivity index (χ1v) is 17.8. The van der Waals surface area contributed by atoms with Crippen LogP contribution in [0.15, 0.2) is 30.5 Å². The summed E-state index contributed by atoms with van der Waals surface area (Å²) in [5.41, 5.74) is -0.631. The number of amides is 1. The Morgan fingerprint density at radius 3 is 2.49 bits per heavy atom. The van der Waals surface area contributed by atoms with Crippen LogP contribution < -0.4 is 14.4 Å². The Labute approximate surface area is 306 Å². The topological polar surface area (TPSA) is 118 Å². The summed E-state index contributed by atoms with van der Waals surface area (Å²) in [6, 6.07) is 5.76. The molecule has 2 bridgehead atoms. The molecule has 2 aromatic heterocycles. The molecule has 3 aliphatic rings. The number of carbonyl (C=O) groups excluding carboxylic acids is 1. The smallest absolute Gasteiger partial charge is 0.410 e. The first-order valence-electron chi connectivity index (χ1n) is 17.8. The minimum Gasteiger partial charge on any atom is -0.465 e. The van der Waals surface area contributed by atoms with Crippen molar-refractivity contribution in [2.75, 3.05) is 45.4 Å². The van der Waals surface area contributed by atoms with Crippen molar-refractivity contribution < 1.29 is 42.0 Å². The van der Waals surface area contributed by atoms with Crippen molar-refractivity contribution >= 4 is 33.6 Å². The fourth-order valence-corrected chi connectivity index (χ4v) is 7.34. The zero-order chi connectivity index (χ0) is 37.4. The number of piperazine rings is 1. The third-order valence-corrected chi connectivity index (χ3v) is 9.75. The second kappa shape index (κ2) is 14.9. The maximum atomic E-state index is 17.2. The van der Waals surface area contributed by atoms with E-state index in [2.05, 4.69) is 15.9 Å². The number of methoxy groups -OCH3 is 2. The molecule has 7 rings (SSSR count). The van der Waals surface area contributed by atoms with E-state index in [1.807, 2.05) is 30.6 Å². The van der Waals surface area contributed by atoms with Crippen molar-refractivity contribution in [2.24, 2.45) is 0 Å². The second-order valence-corrected chi connectivity index (χ2v) is 14.5. The van der Waals surface area contributed by atoms with Gasteiger partial charge in [0.25, 0.3) is 0 Å². The highest BCUT2D eigenvalue weighted by Gasteiger charge is 2.45. The molecule has 0 saturated carbocycles. The zero-order valence-electron chi connectivity index (χ0n) is 30.5. The number of fused-ring (bicyclic) bond motifs is 4. The van der Waals surface area contributed by atoms with E-state index in [0.29, 0.717) is 53.8 Å². The summed E-state index contributed by atoms with van der Waals surface area (Å²) in [5, 5.41) is 1.17. The van der Waals surface area contributed by atoms with Crippen molar-refractivity contribution in [1.29, 1.82) is 0 Å². The largest absolute Gasteiger partial charge is 0.465 e. The van der Waals surface area contributed by atoms with Gasteiger partial charge >= 0.3 is 12.1 Å². The van der Waals surface area contributed by atoms with Gasteiger partial charge in [0.2, 0.25) is 0 Å². The first kappa shape index (κ1) is 36.5. The van der Waals surface area contributed by atoms with Crippen LogP contribution in [0, 0.1) is 24.0 Å². The van der Waals surface area contributed by atoms with Crippen molar-refractivity contribution in [3.8, 4) is 35.4 Å². The van der Waals surface area contributed by atoms with Crippen molar-refractivity contribution in [3.63, 3.8) is 0 Å². The molecular formula is C39H43F2N5O7. The summed E-state index contributed by atoms with van der Waals surface area (Å²) >= 11 is 0. The summed E-state index contributed by atoms with van der Waals surface area (Å²) in [6.45, 7) is 6.85. The lowest BCUT2D eigenvalue weighted by Gasteiger charge is -2.42. The van der Waals surface area contributed by atoms with Gasteiger partial charge in [-0.3, -0.25) is 9.88 Å². The van der Waals surface area contributed by atoms with Gasteiger partial charge in [0.1, 0.15) is 40.8 Å². The standard InChI is InChI=1S/C39H43F2N5O7/c1-7-26-29(40)14-11-22-16-25(52-30-10-8-9-15-50-30)17-27(32(22)26)34-33(41)35-28(18-42-34)36(44-37(43-35)51-21-31(48-5)49-6)45-19-23-12-13-24(20-45)46(23)38(47)53-39(2,3)4/h1,11,14,16-18,23-24,30-31H,8-10,12-13,15,19-21H2,2-6H3. The average molecular weight is 732 g/mol. The molecule has 0 N–H and O–H groups in total. The number of carbonyl (C=O) groups is 1. The highest BCUT2D eigenvalue weighted by Crippen LogP contribution is 2.41. The lowest BCUT2D eigenvalue weighted by molar-refractivity contribution is -0.123. The average Bonchev–Trinajstić information content (AvgIpc) is 3.41. The maximum absolute atomic E-state index is 17.2. The lowest BCUT2D eigenvalue weighted by atomic mass is 9.95. The van der Waals surface area contributed by atoms with Crippen LogP contribution >= 0.6 is 0 Å². The minimum absolute atomic E-state index is 0.0323. The van der Waals surface area contributed by atoms with Crippen LogP contribution in [0.2, 0.25) is 0 Å². The molecule has 3 fully saturated rings. The van der Waals surface area contributed by atoms with Crippen LogP contribution in [0.1, 0.15) is 58.4 Å². The fourth-order valence-electron chi connectivity index (χ4n) is 7.34. The van der Waals surface area contributed by atoms with Crippen LogP contribution in [0.3, 0.4) is 0 Å². The Bertz CT molecular complexity index is 2040. The molecule has 3 aliphatic heterocycles. The molecule has 3 unspecified atom stereocenters. The molecule has 4 aromatic rings. The molecule has 3 saturated heterocycles. The van der Waals surface area contributed by atoms with Crippen molar-refractivity contribution in [3.05, 3.63) is 47.7 Å². The van der Waals surface area contributed by atoms with E-state index in [4.69, 9.17) is 39.8 Å². The molecule has 1 amide bonds. The Kier molecular flexibility index (Phi) is 10.3. The van der Waals surface area contributed by atoms with Gasteiger partial charge < -0.3 is 33.3 Å². The van der Waals surface area contributed by atoms with Crippen LogP contribution in [0.25, 0.3) is 32.9 Å². The fraction of sp³-hybridized carbons (Fsp3) is 0.487. The van der Waals surface area contributed by atoms with Gasteiger partial charge in [-0.15, -0.1) is 6.42 Å². The monoisotopic (exact) mass is 731 g/mol. The number of aromatic nitrogens is 3. The van der Waals surface area contributed by atoms with Gasteiger partial charge in [0.05, 0.1) is 29.6 Å². The molecule has 5 heterocycles. The van der Waals surface area contributed by atoms with E-state index >= 15 is 8.78 Å². The molecule has 53 heavy (non-hydrogen) atoms. The molecule has 3 atom stereocenters. The first-order chi connectivity index (χ1) is 25.5. The number of nitrogens with zero attached hydrogens (tertiary/aromatic N) is 5. The molecule has 12 nitrogen and oxygen atoms in total. The lowest BCUT2D eigenvalue weighted by Crippen LogP contribution is -2.57. The highest BCUT2D eigenvalue weighted by atomic mass is 19.1. The summed E-state index contributed by atoms with van der Waals surface area (Å²) in [4.78, 5) is 30.9. The van der Waals surface area contributed by atoms with Crippen LogP contribution in [-0.2, 0) is 18.9 Å². The number of rotatable bonds is 9. The Balaban J connectivity index is 1.34. The van der Waals surface area contributed by atoms with Crippen molar-refractivity contribution in [2.45, 2.75) is 83.1 Å². The molecule has 0 aliphatic carbocycles. The van der Waals surface area contributed by atoms with E-state index in [1.165, 1.54) is 26.5 Å². The van der Waals surface area contributed by atoms with Crippen LogP contribution in [0.5, 0.6) is 11.8 Å². The predicted molar refractivity (Wildman–Crippen MR) is 193 cm³/mol. The summed E-state index contributed by atoms with van der Waals surface area (Å²) in [7, 11) is 2.94. The van der Waals surface area contributed by atoms with Gasteiger partial charge in [-0.2, -0.15) is 9.97 Å². The summed E-state index contributed by atoms with van der Waals surface area (Å²) in [5.74, 6) is 1.81. The number of terminal acetylenes is 1. The number of pyridine rings is 1. The summed E-state index contributed by atoms with van der Waals surface area (Å²) in [6.07, 6.45) is 9.86. The number of hydrogen-bond donors (Lipinski definition) is 0. The SMILES string of the molecule is C#Cc1c(F)ccc2cc(OC3CCCCO3)cc(-c3ncc4c(N5CC6CCC(C5)N6C(=O)OC(C)(C)C)nc(OCC(OC)OC)nc4c3F)c12. The maximum Gasteiger partial charge on any atom is 0.410 e. The van der Waals surface area contributed by atoms with E-state index in [1.54, 1.807) is 18.2 Å². The molecule has 2 aromatic carbocycles. The summed E-state index contributed by atoms with van der Waals surface area (Å²) < 4.78 is 66.6. The third-order valence-electron chi connectivity index (χ3n) is 9.75. The minimum atomic E-state index is -0.791. The molecule has 14 heteroatoms. The Hall–Kier alpha value is -4.84. The number of halogens is 2. The van der Waals surface area contributed by atoms with E-state index in [9.17, 15) is 4.79 Å². The van der Waals surface area contributed by atoms with Crippen LogP contribution in [-0.4, -0.2) is 96.7 Å². The number of anilines is 1. The van der Waals surface area contributed by atoms with Gasteiger partial charge in [-0.25, -0.2) is 13.6 Å². The van der Waals surface area contributed by atoms with Crippen molar-refractivity contribution in [1.82, 2.24) is 19.9 Å². The van der Waals surface area contributed by atoms with Gasteiger partial charge in [-0.05, 0) is 70.0 Å². The van der Waals surface area contributed by atoms with Gasteiger partial charge in [-0.1, -0.05) is 12.0 Å². The normalized spacial score (nSPS) is 20.2. The predicted octanol–water partition coefficient (Wildman–Crippen LogP) is 6.60.